The summed E-state index contributed by atoms with van der Waals surface area (Å²) < 4.78 is 43.4. The minimum absolute atomic E-state index is 0.216. The lowest BCUT2D eigenvalue weighted by Crippen LogP contribution is -2.36. The molecule has 0 unspecified atom stereocenters. The second kappa shape index (κ2) is 6.84. The van der Waals surface area contributed by atoms with E-state index in [2.05, 4.69) is 18.7 Å². The van der Waals surface area contributed by atoms with Gasteiger partial charge in [0.2, 0.25) is 0 Å². The van der Waals surface area contributed by atoms with Crippen LogP contribution < -0.4 is 10.2 Å². The normalized spacial score (nSPS) is 11.9. The van der Waals surface area contributed by atoms with E-state index in [1.165, 1.54) is 19.1 Å². The van der Waals surface area contributed by atoms with E-state index < -0.39 is 12.4 Å². The standard InChI is InChI=1S/C13H20BF3NO/c1-4-18(5-2)8-9-19-12-6-7-13(11(3)10-12)14(15,16)17/h6-7,10H,4-5,8-9H2,1-3H3/q-1. The van der Waals surface area contributed by atoms with E-state index >= 15 is 0 Å². The molecule has 0 aliphatic heterocycles. The Hall–Kier alpha value is -1.17. The molecule has 1 aromatic carbocycles. The zero-order valence-corrected chi connectivity index (χ0v) is 11.6. The first-order valence-corrected chi connectivity index (χ1v) is 6.54. The molecule has 0 N–H and O–H groups in total. The summed E-state index contributed by atoms with van der Waals surface area (Å²) in [4.78, 5) is 2.19. The van der Waals surface area contributed by atoms with Crippen molar-refractivity contribution in [3.63, 3.8) is 0 Å². The van der Waals surface area contributed by atoms with E-state index in [1.807, 2.05) is 0 Å². The molecule has 2 nitrogen and oxygen atoms in total. The van der Waals surface area contributed by atoms with E-state index in [1.54, 1.807) is 0 Å². The zero-order valence-electron chi connectivity index (χ0n) is 11.6. The van der Waals surface area contributed by atoms with Gasteiger partial charge in [0, 0.05) is 6.54 Å². The van der Waals surface area contributed by atoms with Gasteiger partial charge < -0.3 is 22.6 Å². The maximum Gasteiger partial charge on any atom is 0.509 e. The lowest BCUT2D eigenvalue weighted by molar-refractivity contribution is 0.223. The monoisotopic (exact) mass is 274 g/mol. The second-order valence-corrected chi connectivity index (χ2v) is 4.47. The van der Waals surface area contributed by atoms with E-state index in [-0.39, 0.29) is 5.56 Å². The highest BCUT2D eigenvalue weighted by Crippen LogP contribution is 2.17. The molecule has 0 aliphatic carbocycles. The molecule has 0 saturated carbocycles. The third-order valence-corrected chi connectivity index (χ3v) is 3.16. The van der Waals surface area contributed by atoms with Gasteiger partial charge in [-0.25, -0.2) is 0 Å². The fourth-order valence-corrected chi connectivity index (χ4v) is 1.94. The van der Waals surface area contributed by atoms with Crippen LogP contribution in [0.4, 0.5) is 12.9 Å². The van der Waals surface area contributed by atoms with Gasteiger partial charge in [-0.1, -0.05) is 25.5 Å². The van der Waals surface area contributed by atoms with Crippen molar-refractivity contribution in [3.8, 4) is 5.75 Å². The molecule has 6 heteroatoms. The molecule has 0 radical (unpaired) electrons. The Bertz CT molecular complexity index is 405. The van der Waals surface area contributed by atoms with E-state index in [9.17, 15) is 12.9 Å². The molecule has 1 aromatic rings. The fraction of sp³-hybridized carbons (Fsp3) is 0.538. The molecular weight excluding hydrogens is 254 g/mol. The fourth-order valence-electron chi connectivity index (χ4n) is 1.94. The van der Waals surface area contributed by atoms with Crippen LogP contribution in [-0.2, 0) is 0 Å². The van der Waals surface area contributed by atoms with E-state index in [0.717, 1.165) is 25.7 Å². The Labute approximate surface area is 112 Å². The summed E-state index contributed by atoms with van der Waals surface area (Å²) in [7, 11) is 0. The van der Waals surface area contributed by atoms with E-state index in [4.69, 9.17) is 4.74 Å². The number of hydrogen-bond acceptors (Lipinski definition) is 2. The molecule has 0 fully saturated rings. The van der Waals surface area contributed by atoms with Crippen LogP contribution in [0.1, 0.15) is 19.4 Å². The van der Waals surface area contributed by atoms with Gasteiger partial charge in [0.15, 0.2) is 0 Å². The predicted octanol–water partition coefficient (Wildman–Crippen LogP) is 2.77. The summed E-state index contributed by atoms with van der Waals surface area (Å²) in [6, 6.07) is 3.94. The van der Waals surface area contributed by atoms with Crippen LogP contribution in [-0.4, -0.2) is 38.1 Å². The quantitative estimate of drug-likeness (QED) is 0.709. The third-order valence-electron chi connectivity index (χ3n) is 3.16. The number of likely N-dealkylation sites (N-methyl/N-ethyl adjacent to an activating group) is 1. The third kappa shape index (κ3) is 4.78. The summed E-state index contributed by atoms with van der Waals surface area (Å²) in [5, 5.41) is 0. The van der Waals surface area contributed by atoms with Crippen molar-refractivity contribution in [1.29, 1.82) is 0 Å². The number of ether oxygens (including phenoxy) is 1. The molecule has 0 heterocycles. The molecule has 1 rings (SSSR count). The van der Waals surface area contributed by atoms with Crippen molar-refractivity contribution in [2.24, 2.45) is 0 Å². The predicted molar refractivity (Wildman–Crippen MR) is 73.2 cm³/mol. The molecular formula is C13H20BF3NO-. The average molecular weight is 274 g/mol. The molecule has 0 amide bonds. The highest BCUT2D eigenvalue weighted by atomic mass is 19.4. The van der Waals surface area contributed by atoms with Crippen LogP contribution >= 0.6 is 0 Å². The summed E-state index contributed by atoms with van der Waals surface area (Å²) >= 11 is 0. The van der Waals surface area contributed by atoms with Crippen LogP contribution in [0, 0.1) is 6.92 Å². The SMILES string of the molecule is CCN(CC)CCOc1ccc([B-](F)(F)F)c(C)c1. The molecule has 0 saturated heterocycles. The average Bonchev–Trinajstić information content (AvgIpc) is 2.33. The van der Waals surface area contributed by atoms with Gasteiger partial charge >= 0.3 is 6.98 Å². The Morgan fingerprint density at radius 1 is 1.16 bits per heavy atom. The molecule has 0 bridgehead atoms. The van der Waals surface area contributed by atoms with Crippen molar-refractivity contribution in [2.75, 3.05) is 26.2 Å². The van der Waals surface area contributed by atoms with Gasteiger partial charge in [-0.3, -0.25) is 0 Å². The van der Waals surface area contributed by atoms with Crippen molar-refractivity contribution in [1.82, 2.24) is 4.90 Å². The number of halogens is 3. The van der Waals surface area contributed by atoms with Gasteiger partial charge in [0.25, 0.3) is 0 Å². The van der Waals surface area contributed by atoms with Gasteiger partial charge in [0.05, 0.1) is 0 Å². The lowest BCUT2D eigenvalue weighted by Gasteiger charge is -2.20. The van der Waals surface area contributed by atoms with Crippen molar-refractivity contribution in [3.05, 3.63) is 23.8 Å². The van der Waals surface area contributed by atoms with Crippen LogP contribution in [0.25, 0.3) is 0 Å². The first-order chi connectivity index (χ1) is 8.88. The zero-order chi connectivity index (χ0) is 14.5. The smallest absolute Gasteiger partial charge is 0.492 e. The van der Waals surface area contributed by atoms with E-state index in [0.29, 0.717) is 12.4 Å². The molecule has 108 valence electrons. The number of hydrogen-bond donors (Lipinski definition) is 0. The Kier molecular flexibility index (Phi) is 5.72. The van der Waals surface area contributed by atoms with Crippen LogP contribution in [0.3, 0.4) is 0 Å². The summed E-state index contributed by atoms with van der Waals surface area (Å²) in [6.45, 7) is 3.78. The minimum atomic E-state index is -4.94. The van der Waals surface area contributed by atoms with Gasteiger partial charge in [-0.2, -0.15) is 0 Å². The maximum atomic E-state index is 12.6. The Balaban J connectivity index is 2.60. The van der Waals surface area contributed by atoms with Gasteiger partial charge in [-0.05, 0) is 32.1 Å². The van der Waals surface area contributed by atoms with Crippen LogP contribution in [0.2, 0.25) is 0 Å². The molecule has 19 heavy (non-hydrogen) atoms. The number of benzene rings is 1. The second-order valence-electron chi connectivity index (χ2n) is 4.47. The number of nitrogens with zero attached hydrogens (tertiary/aromatic N) is 1. The minimum Gasteiger partial charge on any atom is -0.492 e. The van der Waals surface area contributed by atoms with Crippen molar-refractivity contribution < 1.29 is 17.7 Å². The summed E-state index contributed by atoms with van der Waals surface area (Å²) in [5.41, 5.74) is -0.330. The molecule has 0 aliphatic rings. The molecule has 0 atom stereocenters. The Morgan fingerprint density at radius 2 is 1.79 bits per heavy atom. The molecule has 0 spiro atoms. The highest BCUT2D eigenvalue weighted by molar-refractivity contribution is 6.74. The van der Waals surface area contributed by atoms with Gasteiger partial charge in [-0.15, -0.1) is 5.46 Å². The lowest BCUT2D eigenvalue weighted by atomic mass is 9.77. The topological polar surface area (TPSA) is 12.5 Å². The Morgan fingerprint density at radius 3 is 2.26 bits per heavy atom. The summed E-state index contributed by atoms with van der Waals surface area (Å²) in [5.74, 6) is 0.494. The van der Waals surface area contributed by atoms with Crippen LogP contribution in [0.5, 0.6) is 5.75 Å². The highest BCUT2D eigenvalue weighted by Gasteiger charge is 2.27. The number of aryl methyl sites for hydroxylation is 1. The van der Waals surface area contributed by atoms with Gasteiger partial charge in [0.1, 0.15) is 12.4 Å². The largest absolute Gasteiger partial charge is 0.509 e. The maximum absolute atomic E-state index is 12.6. The summed E-state index contributed by atoms with van der Waals surface area (Å²) in [6.07, 6.45) is 0. The molecule has 0 aromatic heterocycles. The first-order valence-electron chi connectivity index (χ1n) is 6.54. The van der Waals surface area contributed by atoms with Crippen LogP contribution in [0.15, 0.2) is 18.2 Å². The van der Waals surface area contributed by atoms with Crippen molar-refractivity contribution >= 4 is 12.4 Å². The first kappa shape index (κ1) is 15.9. The van der Waals surface area contributed by atoms with Crippen molar-refractivity contribution in [2.45, 2.75) is 20.8 Å². The number of rotatable bonds is 7.